The molecule has 2 N–H and O–H groups in total. The number of hydrogen-bond acceptors (Lipinski definition) is 3. The summed E-state index contributed by atoms with van der Waals surface area (Å²) in [4.78, 5) is 11.5. The molecule has 5 heteroatoms. The zero-order valence-corrected chi connectivity index (χ0v) is 11.6. The molecule has 2 amide bonds. The molecule has 1 aliphatic rings. The molecule has 0 aliphatic carbocycles. The molecule has 17 heavy (non-hydrogen) atoms. The van der Waals surface area contributed by atoms with Crippen molar-refractivity contribution in [3.05, 3.63) is 0 Å². The van der Waals surface area contributed by atoms with Crippen LogP contribution in [0.3, 0.4) is 0 Å². The topological polar surface area (TPSA) is 50.4 Å². The van der Waals surface area contributed by atoms with E-state index in [1.54, 1.807) is 11.8 Å². The lowest BCUT2D eigenvalue weighted by Gasteiger charge is -2.22. The van der Waals surface area contributed by atoms with Crippen LogP contribution in [0.4, 0.5) is 4.79 Å². The SMILES string of the molecule is CSC[C@H](C)NC(=O)NCC[C@H]1CCCCO1. The second-order valence-electron chi connectivity index (χ2n) is 4.53. The van der Waals surface area contributed by atoms with Crippen LogP contribution >= 0.6 is 11.8 Å². The molecule has 2 atom stereocenters. The van der Waals surface area contributed by atoms with Gasteiger partial charge in [-0.2, -0.15) is 11.8 Å². The quantitative estimate of drug-likeness (QED) is 0.768. The van der Waals surface area contributed by atoms with Gasteiger partial charge in [-0.05, 0) is 38.9 Å². The number of rotatable bonds is 6. The van der Waals surface area contributed by atoms with Crippen molar-refractivity contribution < 1.29 is 9.53 Å². The van der Waals surface area contributed by atoms with E-state index in [1.807, 2.05) is 13.2 Å². The highest BCUT2D eigenvalue weighted by atomic mass is 32.2. The molecule has 0 saturated carbocycles. The average Bonchev–Trinajstić information content (AvgIpc) is 2.30. The highest BCUT2D eigenvalue weighted by molar-refractivity contribution is 7.98. The zero-order valence-electron chi connectivity index (χ0n) is 10.8. The van der Waals surface area contributed by atoms with Crippen molar-refractivity contribution in [2.45, 2.75) is 44.8 Å². The number of nitrogens with one attached hydrogen (secondary N) is 2. The molecule has 1 fully saturated rings. The number of carbonyl (C=O) groups excluding carboxylic acids is 1. The van der Waals surface area contributed by atoms with E-state index in [-0.39, 0.29) is 12.1 Å². The lowest BCUT2D eigenvalue weighted by atomic mass is 10.1. The lowest BCUT2D eigenvalue weighted by Crippen LogP contribution is -2.42. The van der Waals surface area contributed by atoms with E-state index in [1.165, 1.54) is 12.8 Å². The Morgan fingerprint density at radius 3 is 3.00 bits per heavy atom. The molecule has 0 aromatic rings. The van der Waals surface area contributed by atoms with E-state index in [0.717, 1.165) is 25.2 Å². The summed E-state index contributed by atoms with van der Waals surface area (Å²) in [6.07, 6.45) is 6.86. The maximum Gasteiger partial charge on any atom is 0.315 e. The Balaban J connectivity index is 2.03. The molecular weight excluding hydrogens is 236 g/mol. The average molecular weight is 260 g/mol. The van der Waals surface area contributed by atoms with Crippen LogP contribution in [0.1, 0.15) is 32.6 Å². The van der Waals surface area contributed by atoms with Crippen LogP contribution in [-0.2, 0) is 4.74 Å². The number of ether oxygens (including phenoxy) is 1. The van der Waals surface area contributed by atoms with E-state index in [4.69, 9.17) is 4.74 Å². The maximum absolute atomic E-state index is 11.5. The molecule has 4 nitrogen and oxygen atoms in total. The molecule has 1 rings (SSSR count). The first-order valence-electron chi connectivity index (χ1n) is 6.37. The fraction of sp³-hybridized carbons (Fsp3) is 0.917. The third-order valence-corrected chi connectivity index (χ3v) is 3.65. The lowest BCUT2D eigenvalue weighted by molar-refractivity contribution is 0.0120. The normalized spacial score (nSPS) is 21.9. The predicted molar refractivity (Wildman–Crippen MR) is 72.6 cm³/mol. The molecule has 0 aromatic heterocycles. The molecule has 0 aromatic carbocycles. The van der Waals surface area contributed by atoms with Gasteiger partial charge in [0.1, 0.15) is 0 Å². The Bertz CT molecular complexity index is 221. The first-order chi connectivity index (χ1) is 8.22. The van der Waals surface area contributed by atoms with E-state index < -0.39 is 0 Å². The summed E-state index contributed by atoms with van der Waals surface area (Å²) in [7, 11) is 0. The van der Waals surface area contributed by atoms with E-state index in [2.05, 4.69) is 10.6 Å². The third kappa shape index (κ3) is 6.78. The van der Waals surface area contributed by atoms with Crippen LogP contribution in [-0.4, -0.2) is 43.3 Å². The minimum absolute atomic E-state index is 0.0673. The first kappa shape index (κ1) is 14.6. The molecule has 0 spiro atoms. The summed E-state index contributed by atoms with van der Waals surface area (Å²) < 4.78 is 5.60. The summed E-state index contributed by atoms with van der Waals surface area (Å²) in [5.74, 6) is 0.944. The van der Waals surface area contributed by atoms with Crippen molar-refractivity contribution in [1.29, 1.82) is 0 Å². The molecule has 100 valence electrons. The molecule has 1 saturated heterocycles. The van der Waals surface area contributed by atoms with Gasteiger partial charge in [0.25, 0.3) is 0 Å². The second-order valence-corrected chi connectivity index (χ2v) is 5.44. The van der Waals surface area contributed by atoms with E-state index >= 15 is 0 Å². The van der Waals surface area contributed by atoms with E-state index in [9.17, 15) is 4.79 Å². The number of thioether (sulfide) groups is 1. The number of carbonyl (C=O) groups is 1. The Labute approximate surface area is 108 Å². The third-order valence-electron chi connectivity index (χ3n) is 2.82. The van der Waals surface area contributed by atoms with Gasteiger partial charge in [-0.15, -0.1) is 0 Å². The summed E-state index contributed by atoms with van der Waals surface area (Å²) in [5, 5.41) is 5.79. The molecule has 0 radical (unpaired) electrons. The van der Waals surface area contributed by atoms with Gasteiger partial charge in [-0.25, -0.2) is 4.79 Å². The standard InChI is InChI=1S/C12H24N2O2S/c1-10(9-17-2)14-12(15)13-7-6-11-5-3-4-8-16-11/h10-11H,3-9H2,1-2H3,(H2,13,14,15)/t10-,11+/m0/s1. The Hall–Kier alpha value is -0.420. The van der Waals surface area contributed by atoms with Gasteiger partial charge >= 0.3 is 6.03 Å². The van der Waals surface area contributed by atoms with Gasteiger partial charge in [0.2, 0.25) is 0 Å². The van der Waals surface area contributed by atoms with Gasteiger partial charge in [-0.3, -0.25) is 0 Å². The summed E-state index contributed by atoms with van der Waals surface area (Å²) in [6, 6.07) is 0.151. The van der Waals surface area contributed by atoms with Gasteiger partial charge in [0.15, 0.2) is 0 Å². The van der Waals surface area contributed by atoms with Crippen LogP contribution in [0.5, 0.6) is 0 Å². The molecule has 1 aliphatic heterocycles. The summed E-state index contributed by atoms with van der Waals surface area (Å²) >= 11 is 1.74. The van der Waals surface area contributed by atoms with Crippen LogP contribution in [0.15, 0.2) is 0 Å². The zero-order chi connectivity index (χ0) is 12.5. The number of amides is 2. The van der Waals surface area contributed by atoms with Crippen LogP contribution in [0.2, 0.25) is 0 Å². The number of hydrogen-bond donors (Lipinski definition) is 2. The van der Waals surface area contributed by atoms with Crippen molar-refractivity contribution in [2.24, 2.45) is 0 Å². The fourth-order valence-electron chi connectivity index (χ4n) is 1.95. The Morgan fingerprint density at radius 1 is 1.53 bits per heavy atom. The highest BCUT2D eigenvalue weighted by Crippen LogP contribution is 2.14. The molecule has 0 unspecified atom stereocenters. The maximum atomic E-state index is 11.5. The number of urea groups is 1. The van der Waals surface area contributed by atoms with Crippen LogP contribution in [0.25, 0.3) is 0 Å². The van der Waals surface area contributed by atoms with Gasteiger partial charge in [-0.1, -0.05) is 0 Å². The Kier molecular flexibility index (Phi) is 7.44. The second kappa shape index (κ2) is 8.64. The monoisotopic (exact) mass is 260 g/mol. The van der Waals surface area contributed by atoms with Crippen LogP contribution < -0.4 is 10.6 Å². The molecule has 0 bridgehead atoms. The summed E-state index contributed by atoms with van der Waals surface area (Å²) in [5.41, 5.74) is 0. The Morgan fingerprint density at radius 2 is 2.35 bits per heavy atom. The van der Waals surface area contributed by atoms with Gasteiger partial charge in [0.05, 0.1) is 6.10 Å². The minimum atomic E-state index is -0.0673. The highest BCUT2D eigenvalue weighted by Gasteiger charge is 2.13. The van der Waals surface area contributed by atoms with Crippen molar-refractivity contribution in [3.8, 4) is 0 Å². The van der Waals surface area contributed by atoms with Crippen molar-refractivity contribution in [2.75, 3.05) is 25.2 Å². The molecular formula is C12H24N2O2S. The fourth-order valence-corrected chi connectivity index (χ4v) is 2.53. The van der Waals surface area contributed by atoms with Crippen molar-refractivity contribution in [3.63, 3.8) is 0 Å². The summed E-state index contributed by atoms with van der Waals surface area (Å²) in [6.45, 7) is 3.59. The largest absolute Gasteiger partial charge is 0.378 e. The first-order valence-corrected chi connectivity index (χ1v) is 7.76. The smallest absolute Gasteiger partial charge is 0.315 e. The van der Waals surface area contributed by atoms with E-state index in [0.29, 0.717) is 12.6 Å². The van der Waals surface area contributed by atoms with Crippen molar-refractivity contribution in [1.82, 2.24) is 10.6 Å². The van der Waals surface area contributed by atoms with Gasteiger partial charge < -0.3 is 15.4 Å². The van der Waals surface area contributed by atoms with Crippen LogP contribution in [0, 0.1) is 0 Å². The molecule has 1 heterocycles. The minimum Gasteiger partial charge on any atom is -0.378 e. The van der Waals surface area contributed by atoms with Crippen molar-refractivity contribution >= 4 is 17.8 Å². The van der Waals surface area contributed by atoms with Gasteiger partial charge in [0, 0.05) is 24.9 Å². The predicted octanol–water partition coefficient (Wildman–Crippen LogP) is 2.00.